The predicted molar refractivity (Wildman–Crippen MR) is 56.0 cm³/mol. The van der Waals surface area contributed by atoms with Crippen molar-refractivity contribution in [2.45, 2.75) is 0 Å². The number of hydrogen-bond acceptors (Lipinski definition) is 1. The number of hydrogen-bond donors (Lipinski definition) is 1. The first-order chi connectivity index (χ1) is 6.79. The highest BCUT2D eigenvalue weighted by Crippen LogP contribution is 2.21. The Kier molecular flexibility index (Phi) is 2.26. The molecule has 2 aromatic rings. The van der Waals surface area contributed by atoms with Crippen molar-refractivity contribution in [3.05, 3.63) is 47.2 Å². The Balaban J connectivity index is 2.40. The Morgan fingerprint density at radius 1 is 1.14 bits per heavy atom. The van der Waals surface area contributed by atoms with Gasteiger partial charge in [0.05, 0.1) is 0 Å². The molecule has 68 valence electrons. The number of aromatic amines is 1. The van der Waals surface area contributed by atoms with Gasteiger partial charge >= 0.3 is 0 Å². The first kappa shape index (κ1) is 8.86. The van der Waals surface area contributed by atoms with Crippen LogP contribution in [-0.2, 0) is 0 Å². The van der Waals surface area contributed by atoms with Crippen LogP contribution >= 0.6 is 11.6 Å². The van der Waals surface area contributed by atoms with E-state index in [1.54, 1.807) is 0 Å². The summed E-state index contributed by atoms with van der Waals surface area (Å²) < 4.78 is 0. The lowest BCUT2D eigenvalue weighted by molar-refractivity contribution is 1.33. The summed E-state index contributed by atoms with van der Waals surface area (Å²) in [7, 11) is 0. The van der Waals surface area contributed by atoms with Gasteiger partial charge in [0.1, 0.15) is 11.8 Å². The fourth-order valence-electron chi connectivity index (χ4n) is 1.27. The molecule has 0 bridgehead atoms. The molecule has 0 unspecified atom stereocenters. The van der Waals surface area contributed by atoms with Crippen molar-refractivity contribution < 1.29 is 0 Å². The minimum atomic E-state index is 0.565. The van der Waals surface area contributed by atoms with Crippen molar-refractivity contribution in [3.63, 3.8) is 0 Å². The van der Waals surface area contributed by atoms with E-state index >= 15 is 0 Å². The monoisotopic (exact) mass is 202 g/mol. The van der Waals surface area contributed by atoms with E-state index in [-0.39, 0.29) is 0 Å². The molecular formula is C11H7ClN2. The average molecular weight is 203 g/mol. The summed E-state index contributed by atoms with van der Waals surface area (Å²) in [6.07, 6.45) is 1.81. The van der Waals surface area contributed by atoms with Crippen LogP contribution in [0.4, 0.5) is 0 Å². The van der Waals surface area contributed by atoms with E-state index in [0.29, 0.717) is 10.7 Å². The third-order valence-corrected chi connectivity index (χ3v) is 2.23. The Hall–Kier alpha value is -1.72. The van der Waals surface area contributed by atoms with Crippen LogP contribution in [0.15, 0.2) is 36.5 Å². The fourth-order valence-corrected chi connectivity index (χ4v) is 1.39. The molecule has 0 saturated heterocycles. The van der Waals surface area contributed by atoms with E-state index in [1.807, 2.05) is 42.6 Å². The van der Waals surface area contributed by atoms with Crippen LogP contribution in [0.2, 0.25) is 5.02 Å². The molecule has 3 heteroatoms. The largest absolute Gasteiger partial charge is 0.353 e. The number of nitrogens with one attached hydrogen (secondary N) is 1. The SMILES string of the molecule is N#Cc1cc(-c2ccc(Cl)cc2)c[nH]1. The molecule has 0 aliphatic carbocycles. The molecule has 0 saturated carbocycles. The lowest BCUT2D eigenvalue weighted by atomic mass is 10.1. The summed E-state index contributed by atoms with van der Waals surface area (Å²) >= 11 is 5.77. The van der Waals surface area contributed by atoms with Crippen LogP contribution in [0.5, 0.6) is 0 Å². The maximum Gasteiger partial charge on any atom is 0.118 e. The van der Waals surface area contributed by atoms with Crippen molar-refractivity contribution in [3.8, 4) is 17.2 Å². The van der Waals surface area contributed by atoms with Gasteiger partial charge in [-0.25, -0.2) is 0 Å². The van der Waals surface area contributed by atoms with Gasteiger partial charge in [0, 0.05) is 16.8 Å². The van der Waals surface area contributed by atoms with Crippen LogP contribution in [0.25, 0.3) is 11.1 Å². The van der Waals surface area contributed by atoms with Gasteiger partial charge in [-0.05, 0) is 23.8 Å². The number of benzene rings is 1. The zero-order valence-corrected chi connectivity index (χ0v) is 8.05. The lowest BCUT2D eigenvalue weighted by Crippen LogP contribution is -1.71. The number of aromatic nitrogens is 1. The fraction of sp³-hybridized carbons (Fsp3) is 0. The van der Waals surface area contributed by atoms with Crippen molar-refractivity contribution in [2.75, 3.05) is 0 Å². The molecule has 0 radical (unpaired) electrons. The number of nitrogens with zero attached hydrogens (tertiary/aromatic N) is 1. The van der Waals surface area contributed by atoms with Gasteiger partial charge in [-0.2, -0.15) is 5.26 Å². The number of halogens is 1. The van der Waals surface area contributed by atoms with Gasteiger partial charge in [0.15, 0.2) is 0 Å². The third kappa shape index (κ3) is 1.63. The molecule has 2 rings (SSSR count). The number of rotatable bonds is 1. The summed E-state index contributed by atoms with van der Waals surface area (Å²) in [4.78, 5) is 2.87. The van der Waals surface area contributed by atoms with Crippen LogP contribution < -0.4 is 0 Å². The van der Waals surface area contributed by atoms with Gasteiger partial charge < -0.3 is 4.98 Å². The van der Waals surface area contributed by atoms with Crippen LogP contribution in [0, 0.1) is 11.3 Å². The molecule has 0 fully saturated rings. The van der Waals surface area contributed by atoms with Crippen molar-refractivity contribution in [1.82, 2.24) is 4.98 Å². The van der Waals surface area contributed by atoms with E-state index in [1.165, 1.54) is 0 Å². The molecule has 2 nitrogen and oxygen atoms in total. The van der Waals surface area contributed by atoms with E-state index in [4.69, 9.17) is 16.9 Å². The molecule has 1 N–H and O–H groups in total. The molecule has 1 aromatic carbocycles. The molecule has 0 atom stereocenters. The lowest BCUT2D eigenvalue weighted by Gasteiger charge is -1.96. The normalized spacial score (nSPS) is 9.71. The standard InChI is InChI=1S/C11H7ClN2/c12-10-3-1-8(2-4-10)9-5-11(6-13)14-7-9/h1-5,7,14H. The Morgan fingerprint density at radius 3 is 2.43 bits per heavy atom. The van der Waals surface area contributed by atoms with E-state index in [0.717, 1.165) is 11.1 Å². The van der Waals surface area contributed by atoms with Crippen LogP contribution in [0.1, 0.15) is 5.69 Å². The van der Waals surface area contributed by atoms with E-state index < -0.39 is 0 Å². The maximum absolute atomic E-state index is 8.64. The smallest absolute Gasteiger partial charge is 0.118 e. The minimum absolute atomic E-state index is 0.565. The second kappa shape index (κ2) is 3.57. The van der Waals surface area contributed by atoms with Crippen LogP contribution in [-0.4, -0.2) is 4.98 Å². The number of nitriles is 1. The Morgan fingerprint density at radius 2 is 1.86 bits per heavy atom. The van der Waals surface area contributed by atoms with Crippen LogP contribution in [0.3, 0.4) is 0 Å². The predicted octanol–water partition coefficient (Wildman–Crippen LogP) is 3.21. The summed E-state index contributed by atoms with van der Waals surface area (Å²) in [5.41, 5.74) is 2.61. The van der Waals surface area contributed by atoms with Crippen molar-refractivity contribution in [1.29, 1.82) is 5.26 Å². The zero-order chi connectivity index (χ0) is 9.97. The highest BCUT2D eigenvalue weighted by Gasteiger charge is 2.00. The third-order valence-electron chi connectivity index (χ3n) is 1.98. The van der Waals surface area contributed by atoms with Gasteiger partial charge in [-0.1, -0.05) is 23.7 Å². The molecule has 0 aliphatic rings. The van der Waals surface area contributed by atoms with E-state index in [2.05, 4.69) is 4.98 Å². The van der Waals surface area contributed by atoms with Gasteiger partial charge in [-0.15, -0.1) is 0 Å². The quantitative estimate of drug-likeness (QED) is 0.758. The Bertz CT molecular complexity index is 477. The number of H-pyrrole nitrogens is 1. The average Bonchev–Trinajstić information content (AvgIpc) is 2.67. The Labute approximate surface area is 86.8 Å². The van der Waals surface area contributed by atoms with Gasteiger partial charge in [0.2, 0.25) is 0 Å². The first-order valence-corrected chi connectivity index (χ1v) is 4.52. The minimum Gasteiger partial charge on any atom is -0.353 e. The second-order valence-electron chi connectivity index (χ2n) is 2.92. The highest BCUT2D eigenvalue weighted by atomic mass is 35.5. The molecule has 1 aromatic heterocycles. The van der Waals surface area contributed by atoms with E-state index in [9.17, 15) is 0 Å². The maximum atomic E-state index is 8.64. The first-order valence-electron chi connectivity index (χ1n) is 4.14. The highest BCUT2D eigenvalue weighted by molar-refractivity contribution is 6.30. The summed E-state index contributed by atoms with van der Waals surface area (Å²) in [5.74, 6) is 0. The molecule has 0 amide bonds. The van der Waals surface area contributed by atoms with Gasteiger partial charge in [0.25, 0.3) is 0 Å². The molecule has 0 aliphatic heterocycles. The summed E-state index contributed by atoms with van der Waals surface area (Å²) in [6, 6.07) is 11.4. The molecule has 0 spiro atoms. The van der Waals surface area contributed by atoms with Crippen molar-refractivity contribution in [2.24, 2.45) is 0 Å². The molecule has 14 heavy (non-hydrogen) atoms. The molecule has 1 heterocycles. The topological polar surface area (TPSA) is 39.6 Å². The summed E-state index contributed by atoms with van der Waals surface area (Å²) in [6.45, 7) is 0. The van der Waals surface area contributed by atoms with Crippen molar-refractivity contribution >= 4 is 11.6 Å². The van der Waals surface area contributed by atoms with Gasteiger partial charge in [-0.3, -0.25) is 0 Å². The molecular weight excluding hydrogens is 196 g/mol. The second-order valence-corrected chi connectivity index (χ2v) is 3.36. The zero-order valence-electron chi connectivity index (χ0n) is 7.29. The summed E-state index contributed by atoms with van der Waals surface area (Å²) in [5, 5.41) is 9.35.